The van der Waals surface area contributed by atoms with Crippen LogP contribution >= 0.6 is 20.4 Å². The van der Waals surface area contributed by atoms with E-state index < -0.39 is 8.22 Å². The molecule has 4 nitrogen and oxygen atoms in total. The fourth-order valence-electron chi connectivity index (χ4n) is 3.69. The van der Waals surface area contributed by atoms with Crippen molar-refractivity contribution in [3.63, 3.8) is 0 Å². The van der Waals surface area contributed by atoms with Crippen LogP contribution in [0.4, 0.5) is 5.69 Å². The van der Waals surface area contributed by atoms with Gasteiger partial charge < -0.3 is 20.0 Å². The van der Waals surface area contributed by atoms with Gasteiger partial charge in [0, 0.05) is 35.7 Å². The van der Waals surface area contributed by atoms with Gasteiger partial charge in [0.15, 0.2) is 5.11 Å². The second-order valence-electron chi connectivity index (χ2n) is 9.72. The molecule has 31 heavy (non-hydrogen) atoms. The van der Waals surface area contributed by atoms with Crippen molar-refractivity contribution in [2.75, 3.05) is 18.0 Å². The number of nitrogens with one attached hydrogen (secondary N) is 2. The van der Waals surface area contributed by atoms with Crippen molar-refractivity contribution in [1.82, 2.24) is 14.7 Å². The fourth-order valence-corrected chi connectivity index (χ4v) is 6.87. The summed E-state index contributed by atoms with van der Waals surface area (Å²) in [4.78, 5) is 0. The number of thiocarbonyl (C=S) groups is 1. The molecule has 1 aliphatic rings. The molecular weight excluding hydrogens is 419 g/mol. The van der Waals surface area contributed by atoms with Gasteiger partial charge in [0.25, 0.3) is 0 Å². The summed E-state index contributed by atoms with van der Waals surface area (Å²) in [5, 5.41) is 7.36. The highest BCUT2D eigenvalue weighted by Gasteiger charge is 2.42. The Labute approximate surface area is 194 Å². The molecule has 6 heteroatoms. The van der Waals surface area contributed by atoms with Crippen molar-refractivity contribution in [1.29, 1.82) is 0 Å². The van der Waals surface area contributed by atoms with Gasteiger partial charge in [0.1, 0.15) is 0 Å². The monoisotopic (exact) mass is 454 g/mol. The van der Waals surface area contributed by atoms with Crippen LogP contribution < -0.4 is 10.6 Å². The molecule has 0 amide bonds. The maximum Gasteiger partial charge on any atom is 0.170 e. The van der Waals surface area contributed by atoms with Crippen LogP contribution in [0.1, 0.15) is 47.1 Å². The zero-order valence-corrected chi connectivity index (χ0v) is 21.2. The SMILES string of the molecule is CC(C)(C)N1C=C(c2ccccc2)N(C(C)(C)C)P1CCNC(=S)Nc1ccccc1. The molecule has 0 aliphatic carbocycles. The van der Waals surface area contributed by atoms with Crippen molar-refractivity contribution in [3.8, 4) is 0 Å². The van der Waals surface area contributed by atoms with Gasteiger partial charge in [-0.05, 0) is 71.5 Å². The van der Waals surface area contributed by atoms with Crippen molar-refractivity contribution < 1.29 is 0 Å². The van der Waals surface area contributed by atoms with E-state index in [2.05, 4.69) is 98.0 Å². The second-order valence-corrected chi connectivity index (χ2v) is 12.2. The first-order chi connectivity index (χ1) is 14.6. The van der Waals surface area contributed by atoms with E-state index in [1.165, 1.54) is 11.3 Å². The first kappa shape index (κ1) is 23.6. The van der Waals surface area contributed by atoms with Gasteiger partial charge in [0.2, 0.25) is 0 Å². The van der Waals surface area contributed by atoms with Gasteiger partial charge in [-0.2, -0.15) is 0 Å². The lowest BCUT2D eigenvalue weighted by molar-refractivity contribution is 0.314. The molecule has 0 saturated heterocycles. The zero-order chi connectivity index (χ0) is 22.6. The summed E-state index contributed by atoms with van der Waals surface area (Å²) in [6.07, 6.45) is 3.38. The Morgan fingerprint density at radius 3 is 2.00 bits per heavy atom. The van der Waals surface area contributed by atoms with E-state index in [-0.39, 0.29) is 11.1 Å². The molecule has 1 atom stereocenters. The average molecular weight is 455 g/mol. The molecule has 0 aromatic heterocycles. The van der Waals surface area contributed by atoms with Crippen molar-refractivity contribution in [2.24, 2.45) is 0 Å². The molecule has 2 N–H and O–H groups in total. The minimum absolute atomic E-state index is 0.0101. The summed E-state index contributed by atoms with van der Waals surface area (Å²) in [6, 6.07) is 20.8. The third-order valence-corrected chi connectivity index (χ3v) is 8.33. The van der Waals surface area contributed by atoms with E-state index in [9.17, 15) is 0 Å². The second kappa shape index (κ2) is 9.58. The summed E-state index contributed by atoms with van der Waals surface area (Å²) >= 11 is 5.53. The number of hydrogen-bond acceptors (Lipinski definition) is 3. The number of anilines is 1. The van der Waals surface area contributed by atoms with Crippen LogP contribution in [0.2, 0.25) is 0 Å². The molecule has 3 rings (SSSR count). The number of nitrogens with zero attached hydrogens (tertiary/aromatic N) is 2. The molecule has 1 unspecified atom stereocenters. The predicted octanol–water partition coefficient (Wildman–Crippen LogP) is 6.50. The molecule has 1 heterocycles. The molecule has 0 spiro atoms. The van der Waals surface area contributed by atoms with Crippen molar-refractivity contribution in [3.05, 3.63) is 72.4 Å². The highest BCUT2D eigenvalue weighted by Crippen LogP contribution is 2.60. The molecular formula is C25H35N4PS. The normalized spacial score (nSPS) is 16.8. The third kappa shape index (κ3) is 5.99. The Bertz CT molecular complexity index is 901. The van der Waals surface area contributed by atoms with Crippen LogP contribution in [0.3, 0.4) is 0 Å². The van der Waals surface area contributed by atoms with Crippen LogP contribution in [0.15, 0.2) is 66.9 Å². The number of hydrogen-bond donors (Lipinski definition) is 2. The van der Waals surface area contributed by atoms with Crippen molar-refractivity contribution in [2.45, 2.75) is 52.6 Å². The van der Waals surface area contributed by atoms with Crippen molar-refractivity contribution >= 4 is 36.9 Å². The molecule has 1 aliphatic heterocycles. The lowest BCUT2D eigenvalue weighted by Crippen LogP contribution is -2.41. The lowest BCUT2D eigenvalue weighted by Gasteiger charge is -2.46. The van der Waals surface area contributed by atoms with Gasteiger partial charge in [-0.25, -0.2) is 0 Å². The fraction of sp³-hybridized carbons (Fsp3) is 0.400. The molecule has 166 valence electrons. The Morgan fingerprint density at radius 1 is 0.871 bits per heavy atom. The first-order valence-corrected chi connectivity index (χ1v) is 12.7. The van der Waals surface area contributed by atoms with Crippen LogP contribution in [0, 0.1) is 0 Å². The molecule has 0 fully saturated rings. The summed E-state index contributed by atoms with van der Waals surface area (Å²) in [5.74, 6) is 0. The van der Waals surface area contributed by atoms with Gasteiger partial charge in [0.05, 0.1) is 13.9 Å². The van der Waals surface area contributed by atoms with E-state index in [0.29, 0.717) is 5.11 Å². The number of para-hydroxylation sites is 1. The minimum atomic E-state index is -0.577. The lowest BCUT2D eigenvalue weighted by atomic mass is 10.1. The highest BCUT2D eigenvalue weighted by molar-refractivity contribution is 7.80. The highest BCUT2D eigenvalue weighted by atomic mass is 32.1. The minimum Gasteiger partial charge on any atom is -0.362 e. The number of benzene rings is 2. The quantitative estimate of drug-likeness (QED) is 0.398. The largest absolute Gasteiger partial charge is 0.362 e. The Morgan fingerprint density at radius 2 is 1.45 bits per heavy atom. The predicted molar refractivity (Wildman–Crippen MR) is 140 cm³/mol. The van der Waals surface area contributed by atoms with Crippen LogP contribution in [0.25, 0.3) is 5.70 Å². The Balaban J connectivity index is 1.77. The maximum absolute atomic E-state index is 5.53. The van der Waals surface area contributed by atoms with Gasteiger partial charge in [-0.3, -0.25) is 0 Å². The van der Waals surface area contributed by atoms with Crippen LogP contribution in [-0.4, -0.2) is 38.2 Å². The Kier molecular flexibility index (Phi) is 7.28. The van der Waals surface area contributed by atoms with Crippen LogP contribution in [0.5, 0.6) is 0 Å². The topological polar surface area (TPSA) is 30.5 Å². The van der Waals surface area contributed by atoms with E-state index in [1.54, 1.807) is 0 Å². The summed E-state index contributed by atoms with van der Waals surface area (Å²) in [6.45, 7) is 14.6. The molecule has 0 radical (unpaired) electrons. The van der Waals surface area contributed by atoms with E-state index in [1.807, 2.05) is 30.3 Å². The summed E-state index contributed by atoms with van der Waals surface area (Å²) < 4.78 is 5.18. The van der Waals surface area contributed by atoms with Gasteiger partial charge in [-0.15, -0.1) is 0 Å². The standard InChI is InChI=1S/C25H35N4PS/c1-24(2,3)28-19-22(20-13-9-7-10-14-20)29(25(4,5)6)30(28)18-17-26-23(31)27-21-15-11-8-12-16-21/h7-16,19H,17-18H2,1-6H3,(H2,26,27,31). The molecule has 0 bridgehead atoms. The van der Waals surface area contributed by atoms with E-state index >= 15 is 0 Å². The first-order valence-electron chi connectivity index (χ1n) is 10.8. The number of rotatable bonds is 5. The van der Waals surface area contributed by atoms with Crippen LogP contribution in [-0.2, 0) is 0 Å². The van der Waals surface area contributed by atoms with E-state index in [0.717, 1.165) is 18.4 Å². The van der Waals surface area contributed by atoms with Gasteiger partial charge >= 0.3 is 0 Å². The molecule has 0 saturated carbocycles. The summed E-state index contributed by atoms with van der Waals surface area (Å²) in [7, 11) is -0.577. The van der Waals surface area contributed by atoms with E-state index in [4.69, 9.17) is 12.2 Å². The smallest absolute Gasteiger partial charge is 0.170 e. The Hall–Kier alpha value is -2.10. The molecule has 2 aromatic carbocycles. The zero-order valence-electron chi connectivity index (χ0n) is 19.5. The molecule has 2 aromatic rings. The third-order valence-electron chi connectivity index (χ3n) is 4.97. The summed E-state index contributed by atoms with van der Waals surface area (Å²) in [5.41, 5.74) is 3.63. The van der Waals surface area contributed by atoms with Gasteiger partial charge in [-0.1, -0.05) is 48.5 Å². The maximum atomic E-state index is 5.53. The average Bonchev–Trinajstić information content (AvgIpc) is 3.10.